The van der Waals surface area contributed by atoms with Crippen molar-refractivity contribution in [2.75, 3.05) is 14.2 Å². The largest absolute Gasteiger partial charge is 0.497 e. The Morgan fingerprint density at radius 1 is 1.11 bits per heavy atom. The van der Waals surface area contributed by atoms with Gasteiger partial charge in [0.15, 0.2) is 0 Å². The highest BCUT2D eigenvalue weighted by atomic mass is 16.5. The van der Waals surface area contributed by atoms with Crippen LogP contribution in [0.1, 0.15) is 12.0 Å². The third-order valence-corrected chi connectivity index (χ3v) is 2.58. The molecule has 4 heteroatoms. The summed E-state index contributed by atoms with van der Waals surface area (Å²) in [7, 11) is 3.16. The van der Waals surface area contributed by atoms with E-state index in [0.717, 1.165) is 11.3 Å². The van der Waals surface area contributed by atoms with Crippen LogP contribution in [0.25, 0.3) is 5.76 Å². The van der Waals surface area contributed by atoms with Gasteiger partial charge in [0.1, 0.15) is 17.3 Å². The van der Waals surface area contributed by atoms with Crippen LogP contribution in [0.2, 0.25) is 0 Å². The zero-order valence-corrected chi connectivity index (χ0v) is 10.3. The lowest BCUT2D eigenvalue weighted by molar-refractivity contribution is -0.135. The van der Waals surface area contributed by atoms with Crippen molar-refractivity contribution in [1.82, 2.24) is 0 Å². The minimum Gasteiger partial charge on any atom is -0.497 e. The lowest BCUT2D eigenvalue weighted by atomic mass is 10.1. The van der Waals surface area contributed by atoms with Crippen LogP contribution >= 0.6 is 0 Å². The molecule has 94 valence electrons. The lowest BCUT2D eigenvalue weighted by Crippen LogP contribution is -2.00. The first-order chi connectivity index (χ1) is 8.72. The van der Waals surface area contributed by atoms with Crippen molar-refractivity contribution in [3.63, 3.8) is 0 Å². The highest BCUT2D eigenvalue weighted by Crippen LogP contribution is 2.24. The summed E-state index contributed by atoms with van der Waals surface area (Å²) in [6.45, 7) is 0. The Hall–Kier alpha value is -2.23. The van der Waals surface area contributed by atoms with Gasteiger partial charge in [-0.2, -0.15) is 0 Å². The first-order valence-corrected chi connectivity index (χ1v) is 5.54. The summed E-state index contributed by atoms with van der Waals surface area (Å²) < 4.78 is 15.5. The Morgan fingerprint density at radius 2 is 1.83 bits per heavy atom. The van der Waals surface area contributed by atoms with Crippen LogP contribution in [0.15, 0.2) is 42.2 Å². The number of hydrogen-bond donors (Lipinski definition) is 0. The van der Waals surface area contributed by atoms with Gasteiger partial charge in [0.05, 0.1) is 20.6 Å². The summed E-state index contributed by atoms with van der Waals surface area (Å²) in [5.74, 6) is 1.55. The van der Waals surface area contributed by atoms with Crippen LogP contribution in [0.4, 0.5) is 0 Å². The van der Waals surface area contributed by atoms with E-state index >= 15 is 0 Å². The van der Waals surface area contributed by atoms with Crippen molar-refractivity contribution in [2.45, 2.75) is 6.42 Å². The zero-order valence-electron chi connectivity index (χ0n) is 10.3. The molecule has 1 heterocycles. The summed E-state index contributed by atoms with van der Waals surface area (Å²) >= 11 is 0. The number of methoxy groups -OCH3 is 2. The van der Waals surface area contributed by atoms with Crippen LogP contribution < -0.4 is 4.74 Å². The van der Waals surface area contributed by atoms with Gasteiger partial charge in [0.25, 0.3) is 0 Å². The Kier molecular flexibility index (Phi) is 3.67. The van der Waals surface area contributed by atoms with Gasteiger partial charge in [-0.3, -0.25) is 4.79 Å². The minimum absolute atomic E-state index is 0.208. The van der Waals surface area contributed by atoms with Crippen molar-refractivity contribution in [3.8, 4) is 5.75 Å². The fraction of sp³-hybridized carbons (Fsp3) is 0.214. The molecule has 2 rings (SSSR count). The monoisotopic (exact) mass is 246 g/mol. The summed E-state index contributed by atoms with van der Waals surface area (Å²) in [6.07, 6.45) is 3.60. The number of cyclic esters (lactones) is 1. The van der Waals surface area contributed by atoms with E-state index in [1.165, 1.54) is 0 Å². The van der Waals surface area contributed by atoms with E-state index in [1.54, 1.807) is 26.4 Å². The van der Waals surface area contributed by atoms with Crippen LogP contribution in [0.3, 0.4) is 0 Å². The van der Waals surface area contributed by atoms with E-state index in [2.05, 4.69) is 0 Å². The summed E-state index contributed by atoms with van der Waals surface area (Å²) in [4.78, 5) is 11.5. The smallest absolute Gasteiger partial charge is 0.315 e. The Balaban J connectivity index is 2.32. The number of ether oxygens (including phenoxy) is 3. The van der Waals surface area contributed by atoms with E-state index < -0.39 is 0 Å². The molecule has 0 bridgehead atoms. The van der Waals surface area contributed by atoms with Crippen LogP contribution in [0.5, 0.6) is 5.75 Å². The Labute approximate surface area is 105 Å². The topological polar surface area (TPSA) is 44.8 Å². The van der Waals surface area contributed by atoms with Gasteiger partial charge in [-0.05, 0) is 30.3 Å². The SMILES string of the molecule is COC1=CCC(=O)OC(c2ccc(OC)cc2)=C1. The van der Waals surface area contributed by atoms with Gasteiger partial charge in [-0.15, -0.1) is 0 Å². The normalized spacial score (nSPS) is 15.1. The van der Waals surface area contributed by atoms with Gasteiger partial charge in [0.2, 0.25) is 0 Å². The molecule has 1 aromatic rings. The fourth-order valence-corrected chi connectivity index (χ4v) is 1.61. The second-order valence-corrected chi connectivity index (χ2v) is 3.73. The van der Waals surface area contributed by atoms with Crippen LogP contribution in [-0.2, 0) is 14.3 Å². The van der Waals surface area contributed by atoms with Gasteiger partial charge in [-0.25, -0.2) is 0 Å². The maximum atomic E-state index is 11.5. The molecular weight excluding hydrogens is 232 g/mol. The number of benzene rings is 1. The molecule has 0 radical (unpaired) electrons. The molecule has 0 amide bonds. The third kappa shape index (κ3) is 2.71. The summed E-state index contributed by atoms with van der Waals surface area (Å²) in [5, 5.41) is 0. The number of carbonyl (C=O) groups is 1. The van der Waals surface area contributed by atoms with Gasteiger partial charge in [-0.1, -0.05) is 0 Å². The van der Waals surface area contributed by atoms with Crippen molar-refractivity contribution in [3.05, 3.63) is 47.7 Å². The fourth-order valence-electron chi connectivity index (χ4n) is 1.61. The molecule has 4 nitrogen and oxygen atoms in total. The molecule has 1 aliphatic rings. The highest BCUT2D eigenvalue weighted by molar-refractivity contribution is 5.81. The second-order valence-electron chi connectivity index (χ2n) is 3.73. The second kappa shape index (κ2) is 5.40. The van der Waals surface area contributed by atoms with Crippen molar-refractivity contribution < 1.29 is 19.0 Å². The number of rotatable bonds is 3. The molecule has 0 aliphatic carbocycles. The molecule has 0 spiro atoms. The average Bonchev–Trinajstić information content (AvgIpc) is 2.60. The van der Waals surface area contributed by atoms with Crippen molar-refractivity contribution in [1.29, 1.82) is 0 Å². The minimum atomic E-state index is -0.302. The standard InChI is InChI=1S/C14H14O4/c1-16-11-5-3-10(4-6-11)13-9-12(17-2)7-8-14(15)18-13/h3-7,9H,8H2,1-2H3. The highest BCUT2D eigenvalue weighted by Gasteiger charge is 2.14. The summed E-state index contributed by atoms with van der Waals surface area (Å²) in [6, 6.07) is 7.28. The van der Waals surface area contributed by atoms with Crippen molar-refractivity contribution >= 4 is 11.7 Å². The molecule has 0 aromatic heterocycles. The third-order valence-electron chi connectivity index (χ3n) is 2.58. The van der Waals surface area contributed by atoms with E-state index in [1.807, 2.05) is 24.3 Å². The number of hydrogen-bond acceptors (Lipinski definition) is 4. The summed E-state index contributed by atoms with van der Waals surface area (Å²) in [5.41, 5.74) is 0.800. The van der Waals surface area contributed by atoms with Gasteiger partial charge >= 0.3 is 5.97 Å². The number of carbonyl (C=O) groups excluding carboxylic acids is 1. The molecule has 18 heavy (non-hydrogen) atoms. The number of esters is 1. The van der Waals surface area contributed by atoms with Gasteiger partial charge in [0, 0.05) is 11.6 Å². The maximum Gasteiger partial charge on any atom is 0.315 e. The quantitative estimate of drug-likeness (QED) is 0.769. The molecule has 0 fully saturated rings. The number of allylic oxidation sites excluding steroid dienone is 1. The van der Waals surface area contributed by atoms with Crippen LogP contribution in [0, 0.1) is 0 Å². The van der Waals surface area contributed by atoms with Crippen LogP contribution in [-0.4, -0.2) is 20.2 Å². The Bertz CT molecular complexity index is 497. The van der Waals surface area contributed by atoms with Crippen molar-refractivity contribution in [2.24, 2.45) is 0 Å². The molecule has 0 N–H and O–H groups in total. The Morgan fingerprint density at radius 3 is 2.44 bits per heavy atom. The molecule has 1 aliphatic heterocycles. The first kappa shape index (κ1) is 12.2. The predicted octanol–water partition coefficient (Wildman–Crippen LogP) is 2.51. The van der Waals surface area contributed by atoms with Gasteiger partial charge < -0.3 is 14.2 Å². The predicted molar refractivity (Wildman–Crippen MR) is 66.8 cm³/mol. The maximum absolute atomic E-state index is 11.5. The molecule has 0 saturated carbocycles. The molecule has 0 unspecified atom stereocenters. The van der Waals surface area contributed by atoms with E-state index in [-0.39, 0.29) is 12.4 Å². The first-order valence-electron chi connectivity index (χ1n) is 5.54. The van der Waals surface area contributed by atoms with E-state index in [0.29, 0.717) is 11.5 Å². The van der Waals surface area contributed by atoms with E-state index in [9.17, 15) is 4.79 Å². The zero-order chi connectivity index (χ0) is 13.0. The molecule has 1 aromatic carbocycles. The molecular formula is C14H14O4. The lowest BCUT2D eigenvalue weighted by Gasteiger charge is -2.08. The molecule has 0 atom stereocenters. The average molecular weight is 246 g/mol. The molecule has 0 saturated heterocycles. The van der Waals surface area contributed by atoms with E-state index in [4.69, 9.17) is 14.2 Å².